The topological polar surface area (TPSA) is 26.3 Å². The average Bonchev–Trinajstić information content (AvgIpc) is 2.52. The maximum Gasteiger partial charge on any atom is 0.337 e. The van der Waals surface area contributed by atoms with E-state index in [4.69, 9.17) is 0 Å². The van der Waals surface area contributed by atoms with Crippen LogP contribution in [0.5, 0.6) is 0 Å². The zero-order valence-electron chi connectivity index (χ0n) is 14.8. The molecule has 0 saturated carbocycles. The molecule has 24 heavy (non-hydrogen) atoms. The van der Waals surface area contributed by atoms with Crippen molar-refractivity contribution in [2.45, 2.75) is 40.0 Å². The fraction of sp³-hybridized carbons (Fsp3) is 0.350. The summed E-state index contributed by atoms with van der Waals surface area (Å²) in [7, 11) is 1.32. The van der Waals surface area contributed by atoms with Gasteiger partial charge in [0, 0.05) is 12.5 Å². The highest BCUT2D eigenvalue weighted by molar-refractivity contribution is 5.90. The van der Waals surface area contributed by atoms with Crippen molar-refractivity contribution < 1.29 is 18.3 Å². The highest BCUT2D eigenvalue weighted by Gasteiger charge is 2.25. The lowest BCUT2D eigenvalue weighted by atomic mass is 9.96. The van der Waals surface area contributed by atoms with Gasteiger partial charge in [-0.05, 0) is 62.1 Å². The number of rotatable bonds is 6. The number of alkyl halides is 2. The molecule has 0 N–H and O–H groups in total. The molecule has 0 aromatic heterocycles. The predicted octanol–water partition coefficient (Wildman–Crippen LogP) is 5.73. The maximum absolute atomic E-state index is 13.8. The largest absolute Gasteiger partial charge is 0.465 e. The summed E-state index contributed by atoms with van der Waals surface area (Å²) in [5.74, 6) is -3.33. The highest BCUT2D eigenvalue weighted by atomic mass is 19.3. The van der Waals surface area contributed by atoms with Crippen molar-refractivity contribution in [3.05, 3.63) is 64.8 Å². The number of aryl methyl sites for hydroxylation is 1. The summed E-state index contributed by atoms with van der Waals surface area (Å²) in [4.78, 5) is 11.6. The molecule has 130 valence electrons. The van der Waals surface area contributed by atoms with E-state index in [0.717, 1.165) is 23.6 Å². The molecule has 0 atom stereocenters. The minimum atomic E-state index is -2.91. The van der Waals surface area contributed by atoms with Crippen molar-refractivity contribution in [1.29, 1.82) is 0 Å². The number of esters is 1. The molecule has 0 heterocycles. The number of ether oxygens (including phenoxy) is 1. The van der Waals surface area contributed by atoms with Crippen LogP contribution in [0.2, 0.25) is 0 Å². The van der Waals surface area contributed by atoms with Crippen molar-refractivity contribution in [3.63, 3.8) is 0 Å². The summed E-state index contributed by atoms with van der Waals surface area (Å²) < 4.78 is 32.3. The Morgan fingerprint density at radius 3 is 2.50 bits per heavy atom. The van der Waals surface area contributed by atoms with E-state index in [9.17, 15) is 13.6 Å². The second-order valence-corrected chi connectivity index (χ2v) is 5.70. The van der Waals surface area contributed by atoms with Crippen LogP contribution in [0.4, 0.5) is 8.78 Å². The van der Waals surface area contributed by atoms with Crippen LogP contribution < -0.4 is 0 Å². The maximum atomic E-state index is 13.8. The van der Waals surface area contributed by atoms with Gasteiger partial charge in [0.25, 0.3) is 5.92 Å². The van der Waals surface area contributed by atoms with E-state index in [1.54, 1.807) is 25.1 Å². The van der Waals surface area contributed by atoms with E-state index in [-0.39, 0.29) is 5.57 Å². The number of methoxy groups -OCH3 is 1. The van der Waals surface area contributed by atoms with Crippen LogP contribution in [-0.4, -0.2) is 19.0 Å². The van der Waals surface area contributed by atoms with Gasteiger partial charge < -0.3 is 4.74 Å². The number of hydrogen-bond acceptors (Lipinski definition) is 2. The first-order chi connectivity index (χ1) is 11.2. The third-order valence-corrected chi connectivity index (χ3v) is 3.66. The van der Waals surface area contributed by atoms with Crippen LogP contribution >= 0.6 is 0 Å². The zero-order chi connectivity index (χ0) is 18.3. The summed E-state index contributed by atoms with van der Waals surface area (Å²) in [5, 5.41) is 0. The van der Waals surface area contributed by atoms with Gasteiger partial charge in [-0.15, -0.1) is 0 Å². The molecule has 1 aromatic rings. The lowest BCUT2D eigenvalue weighted by molar-refractivity contribution is 0.0600. The second-order valence-electron chi connectivity index (χ2n) is 5.70. The summed E-state index contributed by atoms with van der Waals surface area (Å²) in [6.07, 6.45) is 7.14. The van der Waals surface area contributed by atoms with Crippen molar-refractivity contribution in [3.8, 4) is 0 Å². The van der Waals surface area contributed by atoms with E-state index in [1.807, 2.05) is 26.0 Å². The first-order valence-electron chi connectivity index (χ1n) is 7.78. The van der Waals surface area contributed by atoms with Gasteiger partial charge in [-0.25, -0.2) is 13.6 Å². The molecule has 0 amide bonds. The smallest absolute Gasteiger partial charge is 0.337 e. The minimum absolute atomic E-state index is 0.0189. The molecular formula is C20H24F2O2. The van der Waals surface area contributed by atoms with E-state index in [0.29, 0.717) is 12.0 Å². The lowest BCUT2D eigenvalue weighted by Crippen LogP contribution is -2.12. The zero-order valence-corrected chi connectivity index (χ0v) is 14.8. The van der Waals surface area contributed by atoms with Crippen molar-refractivity contribution >= 4 is 11.5 Å². The lowest BCUT2D eigenvalue weighted by Gasteiger charge is -2.14. The number of hydrogen-bond donors (Lipinski definition) is 0. The first kappa shape index (κ1) is 19.8. The van der Waals surface area contributed by atoms with E-state index < -0.39 is 11.9 Å². The van der Waals surface area contributed by atoms with Crippen LogP contribution in [-0.2, 0) is 4.74 Å². The fourth-order valence-electron chi connectivity index (χ4n) is 2.36. The molecule has 0 spiro atoms. The van der Waals surface area contributed by atoms with Crippen LogP contribution in [0.3, 0.4) is 0 Å². The third kappa shape index (κ3) is 5.44. The van der Waals surface area contributed by atoms with Gasteiger partial charge >= 0.3 is 5.97 Å². The number of halogens is 2. The molecule has 2 nitrogen and oxygen atoms in total. The monoisotopic (exact) mass is 334 g/mol. The molecule has 4 heteroatoms. The molecule has 0 fully saturated rings. The number of carbonyl (C=O) groups is 1. The SMILES string of the molecule is C/C=C/C/C=C(\C=C(/C)c1ccc(C(=O)OC)cc1C)C(C)(F)F. The van der Waals surface area contributed by atoms with Gasteiger partial charge in [0.1, 0.15) is 0 Å². The van der Waals surface area contributed by atoms with Gasteiger partial charge in [-0.2, -0.15) is 0 Å². The minimum Gasteiger partial charge on any atom is -0.465 e. The van der Waals surface area contributed by atoms with Crippen LogP contribution in [0.25, 0.3) is 5.57 Å². The summed E-state index contributed by atoms with van der Waals surface area (Å²) in [5.41, 5.74) is 2.80. The van der Waals surface area contributed by atoms with Gasteiger partial charge in [-0.3, -0.25) is 0 Å². The van der Waals surface area contributed by atoms with E-state index >= 15 is 0 Å². The van der Waals surface area contributed by atoms with E-state index in [1.165, 1.54) is 19.3 Å². The standard InChI is InChI=1S/C20H24F2O2/c1-6-7-8-9-17(20(4,21)22)13-15(3)18-11-10-16(12-14(18)2)19(23)24-5/h6-7,9-13H,8H2,1-5H3/b7-6+,15-13+,17-9+. The number of benzene rings is 1. The molecule has 1 aromatic carbocycles. The van der Waals surface area contributed by atoms with Crippen LogP contribution in [0.1, 0.15) is 48.7 Å². The van der Waals surface area contributed by atoms with Crippen LogP contribution in [0.15, 0.2) is 48.1 Å². The Bertz CT molecular complexity index is 677. The molecule has 0 unspecified atom stereocenters. The number of allylic oxidation sites excluding steroid dienone is 6. The molecule has 0 aliphatic heterocycles. The van der Waals surface area contributed by atoms with Crippen molar-refractivity contribution in [1.82, 2.24) is 0 Å². The quantitative estimate of drug-likeness (QED) is 0.377. The molecule has 1 rings (SSSR count). The summed E-state index contributed by atoms with van der Waals surface area (Å²) in [6.45, 7) is 6.37. The second kappa shape index (κ2) is 8.57. The molecule has 0 aliphatic carbocycles. The van der Waals surface area contributed by atoms with Crippen LogP contribution in [0, 0.1) is 6.92 Å². The van der Waals surface area contributed by atoms with Crippen molar-refractivity contribution in [2.75, 3.05) is 7.11 Å². The van der Waals surface area contributed by atoms with Gasteiger partial charge in [-0.1, -0.05) is 24.3 Å². The third-order valence-electron chi connectivity index (χ3n) is 3.66. The predicted molar refractivity (Wildman–Crippen MR) is 94.3 cm³/mol. The Labute approximate surface area is 142 Å². The number of carbonyl (C=O) groups excluding carboxylic acids is 1. The van der Waals surface area contributed by atoms with Gasteiger partial charge in [0.2, 0.25) is 0 Å². The Morgan fingerprint density at radius 2 is 2.00 bits per heavy atom. The van der Waals surface area contributed by atoms with Gasteiger partial charge in [0.05, 0.1) is 12.7 Å². The van der Waals surface area contributed by atoms with Crippen molar-refractivity contribution in [2.24, 2.45) is 0 Å². The van der Waals surface area contributed by atoms with E-state index in [2.05, 4.69) is 4.74 Å². The fourth-order valence-corrected chi connectivity index (χ4v) is 2.36. The summed E-state index contributed by atoms with van der Waals surface area (Å²) >= 11 is 0. The normalized spacial score (nSPS) is 13.5. The molecule has 0 aliphatic rings. The highest BCUT2D eigenvalue weighted by Crippen LogP contribution is 2.29. The summed E-state index contributed by atoms with van der Waals surface area (Å²) in [6, 6.07) is 5.09. The average molecular weight is 334 g/mol. The Hall–Kier alpha value is -2.23. The molecule has 0 bridgehead atoms. The van der Waals surface area contributed by atoms with Gasteiger partial charge in [0.15, 0.2) is 0 Å². The molecule has 0 radical (unpaired) electrons. The molecule has 0 saturated heterocycles. The Balaban J connectivity index is 3.22. The Kier molecular flexibility index (Phi) is 7.08. The molecular weight excluding hydrogens is 310 g/mol. The first-order valence-corrected chi connectivity index (χ1v) is 7.78. The Morgan fingerprint density at radius 1 is 1.33 bits per heavy atom.